The average molecular weight is 318 g/mol. The summed E-state index contributed by atoms with van der Waals surface area (Å²) in [6.07, 6.45) is -0.0219. The van der Waals surface area contributed by atoms with Gasteiger partial charge >= 0.3 is 0 Å². The topological polar surface area (TPSA) is 99.9 Å². The van der Waals surface area contributed by atoms with Gasteiger partial charge in [0.1, 0.15) is 0 Å². The van der Waals surface area contributed by atoms with E-state index in [-0.39, 0.29) is 29.8 Å². The lowest BCUT2D eigenvalue weighted by molar-refractivity contribution is 0.0913. The van der Waals surface area contributed by atoms with E-state index in [9.17, 15) is 8.42 Å². The molecule has 0 unspecified atom stereocenters. The molecule has 0 spiro atoms. The summed E-state index contributed by atoms with van der Waals surface area (Å²) in [5.41, 5.74) is 6.31. The van der Waals surface area contributed by atoms with Crippen LogP contribution in [0.3, 0.4) is 0 Å². The van der Waals surface area contributed by atoms with Crippen LogP contribution in [0.25, 0.3) is 0 Å². The van der Waals surface area contributed by atoms with Gasteiger partial charge in [-0.05, 0) is 13.8 Å². The SMILES string of the molecule is COc1cc(N)c(NS(=O)(=O)CCOC(C)C)cc1OC. The highest BCUT2D eigenvalue weighted by atomic mass is 32.2. The number of nitrogens with two attached hydrogens (primary N) is 1. The van der Waals surface area contributed by atoms with E-state index in [2.05, 4.69) is 4.72 Å². The molecule has 21 heavy (non-hydrogen) atoms. The maximum absolute atomic E-state index is 12.0. The summed E-state index contributed by atoms with van der Waals surface area (Å²) >= 11 is 0. The first kappa shape index (κ1) is 17.4. The van der Waals surface area contributed by atoms with Crippen LogP contribution in [-0.4, -0.2) is 41.1 Å². The fourth-order valence-corrected chi connectivity index (χ4v) is 2.52. The Balaban J connectivity index is 2.86. The van der Waals surface area contributed by atoms with Crippen LogP contribution in [0.4, 0.5) is 11.4 Å². The summed E-state index contributed by atoms with van der Waals surface area (Å²) in [6.45, 7) is 3.79. The van der Waals surface area contributed by atoms with Gasteiger partial charge in [-0.2, -0.15) is 0 Å². The fraction of sp³-hybridized carbons (Fsp3) is 0.538. The van der Waals surface area contributed by atoms with Gasteiger partial charge in [0.05, 0.1) is 44.1 Å². The lowest BCUT2D eigenvalue weighted by Gasteiger charge is -2.14. The molecule has 8 heteroatoms. The van der Waals surface area contributed by atoms with Gasteiger partial charge in [-0.25, -0.2) is 8.42 Å². The zero-order valence-electron chi connectivity index (χ0n) is 12.7. The number of hydrogen-bond acceptors (Lipinski definition) is 6. The minimum absolute atomic E-state index is 0.0219. The minimum Gasteiger partial charge on any atom is -0.493 e. The second-order valence-corrected chi connectivity index (χ2v) is 6.48. The molecule has 0 saturated heterocycles. The normalized spacial score (nSPS) is 11.5. The summed E-state index contributed by atoms with van der Waals surface area (Å²) in [6, 6.07) is 2.98. The third-order valence-electron chi connectivity index (χ3n) is 2.62. The Morgan fingerprint density at radius 1 is 1.19 bits per heavy atom. The number of hydrogen-bond donors (Lipinski definition) is 2. The monoisotopic (exact) mass is 318 g/mol. The van der Waals surface area contributed by atoms with Crippen molar-refractivity contribution in [2.75, 3.05) is 37.0 Å². The number of methoxy groups -OCH3 is 2. The van der Waals surface area contributed by atoms with Crippen LogP contribution in [0.1, 0.15) is 13.8 Å². The summed E-state index contributed by atoms with van der Waals surface area (Å²) < 4.78 is 41.8. The van der Waals surface area contributed by atoms with Gasteiger partial charge in [0, 0.05) is 12.1 Å². The van der Waals surface area contributed by atoms with Crippen LogP contribution in [0.2, 0.25) is 0 Å². The van der Waals surface area contributed by atoms with Crippen molar-refractivity contribution in [3.8, 4) is 11.5 Å². The lowest BCUT2D eigenvalue weighted by atomic mass is 10.2. The summed E-state index contributed by atoms with van der Waals surface area (Å²) in [7, 11) is -0.611. The molecule has 0 aliphatic heterocycles. The molecule has 0 amide bonds. The largest absolute Gasteiger partial charge is 0.493 e. The third-order valence-corrected chi connectivity index (χ3v) is 3.86. The number of ether oxygens (including phenoxy) is 3. The Bertz CT molecular complexity index is 572. The van der Waals surface area contributed by atoms with Gasteiger partial charge in [0.25, 0.3) is 0 Å². The van der Waals surface area contributed by atoms with Crippen molar-refractivity contribution in [2.45, 2.75) is 20.0 Å². The number of rotatable bonds is 8. The van der Waals surface area contributed by atoms with Crippen molar-refractivity contribution in [1.82, 2.24) is 0 Å². The molecule has 120 valence electrons. The summed E-state index contributed by atoms with van der Waals surface area (Å²) in [5, 5.41) is 0. The van der Waals surface area contributed by atoms with E-state index in [4.69, 9.17) is 19.9 Å². The molecule has 0 fully saturated rings. The number of benzene rings is 1. The molecule has 1 aromatic rings. The first-order valence-electron chi connectivity index (χ1n) is 6.42. The predicted octanol–water partition coefficient (Wildman–Crippen LogP) is 1.45. The zero-order valence-corrected chi connectivity index (χ0v) is 13.5. The van der Waals surface area contributed by atoms with Gasteiger partial charge in [0.15, 0.2) is 11.5 Å². The Morgan fingerprint density at radius 3 is 2.29 bits per heavy atom. The van der Waals surface area contributed by atoms with Crippen molar-refractivity contribution in [3.05, 3.63) is 12.1 Å². The van der Waals surface area contributed by atoms with Crippen molar-refractivity contribution < 1.29 is 22.6 Å². The third kappa shape index (κ3) is 5.31. The van der Waals surface area contributed by atoms with Crippen molar-refractivity contribution in [3.63, 3.8) is 0 Å². The minimum atomic E-state index is -3.55. The molecule has 7 nitrogen and oxygen atoms in total. The Morgan fingerprint density at radius 2 is 1.76 bits per heavy atom. The molecule has 0 heterocycles. The first-order chi connectivity index (χ1) is 9.79. The lowest BCUT2D eigenvalue weighted by Crippen LogP contribution is -2.22. The standard InChI is InChI=1S/C13H22N2O5S/c1-9(2)20-5-6-21(16,17)15-11-8-13(19-4)12(18-3)7-10(11)14/h7-9,15H,5-6,14H2,1-4H3. The molecule has 0 radical (unpaired) electrons. The Hall–Kier alpha value is -1.67. The van der Waals surface area contributed by atoms with E-state index in [0.717, 1.165) is 0 Å². The van der Waals surface area contributed by atoms with Gasteiger partial charge in [-0.15, -0.1) is 0 Å². The second-order valence-electron chi connectivity index (χ2n) is 4.63. The van der Waals surface area contributed by atoms with Crippen molar-refractivity contribution in [2.24, 2.45) is 0 Å². The first-order valence-corrected chi connectivity index (χ1v) is 8.08. The molecule has 0 atom stereocenters. The van der Waals surface area contributed by atoms with Gasteiger partial charge in [0.2, 0.25) is 10.0 Å². The predicted molar refractivity (Wildman–Crippen MR) is 82.5 cm³/mol. The smallest absolute Gasteiger partial charge is 0.235 e. The van der Waals surface area contributed by atoms with Crippen molar-refractivity contribution >= 4 is 21.4 Å². The van der Waals surface area contributed by atoms with Crippen LogP contribution >= 0.6 is 0 Å². The molecule has 1 rings (SSSR count). The number of nitrogen functional groups attached to an aromatic ring is 1. The highest BCUT2D eigenvalue weighted by molar-refractivity contribution is 7.92. The van der Waals surface area contributed by atoms with E-state index < -0.39 is 10.0 Å². The van der Waals surface area contributed by atoms with E-state index in [1.165, 1.54) is 26.4 Å². The van der Waals surface area contributed by atoms with Gasteiger partial charge in [-0.1, -0.05) is 0 Å². The molecular formula is C13H22N2O5S. The molecule has 0 aliphatic rings. The number of anilines is 2. The van der Waals surface area contributed by atoms with Crippen LogP contribution in [0, 0.1) is 0 Å². The fourth-order valence-electron chi connectivity index (χ4n) is 1.60. The van der Waals surface area contributed by atoms with E-state index >= 15 is 0 Å². The molecular weight excluding hydrogens is 296 g/mol. The Kier molecular flexibility index (Phi) is 6.10. The van der Waals surface area contributed by atoms with Crippen LogP contribution < -0.4 is 19.9 Å². The Labute approximate surface area is 125 Å². The molecule has 3 N–H and O–H groups in total. The maximum atomic E-state index is 12.0. The molecule has 0 bridgehead atoms. The van der Waals surface area contributed by atoms with Gasteiger partial charge in [-0.3, -0.25) is 4.72 Å². The summed E-state index contributed by atoms with van der Waals surface area (Å²) in [5.74, 6) is 0.669. The number of sulfonamides is 1. The molecule has 0 saturated carbocycles. The van der Waals surface area contributed by atoms with Crippen LogP contribution in [0.15, 0.2) is 12.1 Å². The molecule has 1 aromatic carbocycles. The van der Waals surface area contributed by atoms with E-state index in [1.54, 1.807) is 0 Å². The number of nitrogens with one attached hydrogen (secondary N) is 1. The highest BCUT2D eigenvalue weighted by Crippen LogP contribution is 2.35. The van der Waals surface area contributed by atoms with Crippen molar-refractivity contribution in [1.29, 1.82) is 0 Å². The second kappa shape index (κ2) is 7.37. The van der Waals surface area contributed by atoms with Gasteiger partial charge < -0.3 is 19.9 Å². The summed E-state index contributed by atoms with van der Waals surface area (Å²) in [4.78, 5) is 0. The highest BCUT2D eigenvalue weighted by Gasteiger charge is 2.15. The molecule has 0 aliphatic carbocycles. The van der Waals surface area contributed by atoms with Crippen LogP contribution in [0.5, 0.6) is 11.5 Å². The van der Waals surface area contributed by atoms with E-state index in [1.807, 2.05) is 13.8 Å². The quantitative estimate of drug-likeness (QED) is 0.704. The average Bonchev–Trinajstić information content (AvgIpc) is 2.39. The van der Waals surface area contributed by atoms with Crippen LogP contribution in [-0.2, 0) is 14.8 Å². The maximum Gasteiger partial charge on any atom is 0.235 e. The molecule has 0 aromatic heterocycles. The zero-order chi connectivity index (χ0) is 16.0. The van der Waals surface area contributed by atoms with E-state index in [0.29, 0.717) is 11.5 Å².